The van der Waals surface area contributed by atoms with Gasteiger partial charge in [0.05, 0.1) is 0 Å². The van der Waals surface area contributed by atoms with Crippen molar-refractivity contribution in [3.63, 3.8) is 0 Å². The zero-order valence-electron chi connectivity index (χ0n) is 15.5. The van der Waals surface area contributed by atoms with Crippen LogP contribution in [0.25, 0.3) is 0 Å². The second kappa shape index (κ2) is 8.88. The smallest absolute Gasteiger partial charge is 0.326 e. The Hall–Kier alpha value is -2.87. The summed E-state index contributed by atoms with van der Waals surface area (Å²) in [5, 5.41) is 20.0. The van der Waals surface area contributed by atoms with Crippen LogP contribution in [0.15, 0.2) is 41.8 Å². The van der Waals surface area contributed by atoms with Crippen molar-refractivity contribution < 1.29 is 19.5 Å². The van der Waals surface area contributed by atoms with Crippen LogP contribution in [-0.4, -0.2) is 41.5 Å². The molecule has 2 amide bonds. The van der Waals surface area contributed by atoms with Crippen LogP contribution in [0.3, 0.4) is 0 Å². The number of carbonyl (C=O) groups is 3. The molecular formula is C20H23N3O4S. The third-order valence-corrected chi connectivity index (χ3v) is 5.65. The summed E-state index contributed by atoms with van der Waals surface area (Å²) in [6.07, 6.45) is 0.597. The van der Waals surface area contributed by atoms with E-state index in [9.17, 15) is 19.5 Å². The first-order valence-corrected chi connectivity index (χ1v) is 9.97. The molecule has 0 bridgehead atoms. The van der Waals surface area contributed by atoms with E-state index in [1.807, 2.05) is 41.8 Å². The Morgan fingerprint density at radius 3 is 2.64 bits per heavy atom. The van der Waals surface area contributed by atoms with Gasteiger partial charge in [-0.3, -0.25) is 9.59 Å². The van der Waals surface area contributed by atoms with Crippen LogP contribution in [0.2, 0.25) is 0 Å². The molecule has 2 aromatic rings. The Bertz CT molecular complexity index is 853. The van der Waals surface area contributed by atoms with Gasteiger partial charge in [-0.2, -0.15) is 0 Å². The number of hydrogen-bond acceptors (Lipinski definition) is 5. The predicted molar refractivity (Wildman–Crippen MR) is 107 cm³/mol. The molecule has 0 fully saturated rings. The highest BCUT2D eigenvalue weighted by Gasteiger charge is 2.31. The number of aliphatic carboxylic acids is 1. The summed E-state index contributed by atoms with van der Waals surface area (Å²) < 4.78 is 0. The van der Waals surface area contributed by atoms with Crippen molar-refractivity contribution in [3.05, 3.63) is 52.2 Å². The molecule has 1 unspecified atom stereocenters. The molecule has 4 N–H and O–H groups in total. The number of para-hydroxylation sites is 1. The minimum Gasteiger partial charge on any atom is -0.480 e. The van der Waals surface area contributed by atoms with E-state index in [0.29, 0.717) is 13.0 Å². The lowest BCUT2D eigenvalue weighted by Gasteiger charge is -2.22. The van der Waals surface area contributed by atoms with Crippen molar-refractivity contribution in [2.45, 2.75) is 37.8 Å². The number of hydrogen-bond donors (Lipinski definition) is 4. The number of nitrogens with one attached hydrogen (secondary N) is 3. The van der Waals surface area contributed by atoms with Crippen LogP contribution in [0.4, 0.5) is 5.69 Å². The second-order valence-corrected chi connectivity index (χ2v) is 7.87. The van der Waals surface area contributed by atoms with Crippen LogP contribution >= 0.6 is 11.3 Å². The molecule has 148 valence electrons. The van der Waals surface area contributed by atoms with Crippen LogP contribution < -0.4 is 16.0 Å². The first-order chi connectivity index (χ1) is 13.4. The highest BCUT2D eigenvalue weighted by atomic mass is 32.1. The Morgan fingerprint density at radius 1 is 1.18 bits per heavy atom. The van der Waals surface area contributed by atoms with Gasteiger partial charge < -0.3 is 21.1 Å². The maximum absolute atomic E-state index is 12.7. The van der Waals surface area contributed by atoms with Gasteiger partial charge in [-0.1, -0.05) is 24.3 Å². The van der Waals surface area contributed by atoms with Crippen LogP contribution in [0, 0.1) is 0 Å². The average Bonchev–Trinajstić information content (AvgIpc) is 3.30. The highest BCUT2D eigenvalue weighted by molar-refractivity contribution is 7.09. The molecule has 0 spiro atoms. The van der Waals surface area contributed by atoms with Crippen LogP contribution in [-0.2, 0) is 20.8 Å². The SMILES string of the molecule is CC(=O)N[C@@H](Cc1cccs1)C(=O)N[C@@H](CC1CNc2ccccc21)C(=O)O. The van der Waals surface area contributed by atoms with E-state index < -0.39 is 24.0 Å². The van der Waals surface area contributed by atoms with E-state index in [-0.39, 0.29) is 18.2 Å². The monoisotopic (exact) mass is 401 g/mol. The van der Waals surface area contributed by atoms with Gasteiger partial charge in [0.1, 0.15) is 12.1 Å². The van der Waals surface area contributed by atoms with Crippen molar-refractivity contribution in [1.82, 2.24) is 10.6 Å². The highest BCUT2D eigenvalue weighted by Crippen LogP contribution is 2.34. The summed E-state index contributed by atoms with van der Waals surface area (Å²) in [7, 11) is 0. The Labute approximate surface area is 167 Å². The maximum Gasteiger partial charge on any atom is 0.326 e. The number of carboxylic acid groups (broad SMARTS) is 1. The molecule has 28 heavy (non-hydrogen) atoms. The summed E-state index contributed by atoms with van der Waals surface area (Å²) >= 11 is 1.48. The zero-order chi connectivity index (χ0) is 20.1. The third-order valence-electron chi connectivity index (χ3n) is 4.75. The van der Waals surface area contributed by atoms with Crippen molar-refractivity contribution in [2.75, 3.05) is 11.9 Å². The Kier molecular flexibility index (Phi) is 6.30. The molecule has 3 atom stereocenters. The molecular weight excluding hydrogens is 378 g/mol. The predicted octanol–water partition coefficient (Wildman–Crippen LogP) is 1.96. The number of amides is 2. The van der Waals surface area contributed by atoms with E-state index >= 15 is 0 Å². The van der Waals surface area contributed by atoms with Crippen molar-refractivity contribution >= 4 is 34.8 Å². The maximum atomic E-state index is 12.7. The number of thiophene rings is 1. The lowest BCUT2D eigenvalue weighted by Crippen LogP contribution is -2.52. The van der Waals surface area contributed by atoms with Gasteiger partial charge in [0.2, 0.25) is 11.8 Å². The lowest BCUT2D eigenvalue weighted by atomic mass is 9.93. The quantitative estimate of drug-likeness (QED) is 0.541. The Balaban J connectivity index is 1.69. The molecule has 1 aromatic heterocycles. The summed E-state index contributed by atoms with van der Waals surface area (Å²) in [6.45, 7) is 1.97. The standard InChI is InChI=1S/C20H23N3O4S/c1-12(24)22-17(10-14-5-4-8-28-14)19(25)23-18(20(26)27)9-13-11-21-16-7-3-2-6-15(13)16/h2-8,13,17-18,21H,9-11H2,1H3,(H,22,24)(H,23,25)(H,26,27)/t13?,17-,18-/m0/s1. The first-order valence-electron chi connectivity index (χ1n) is 9.09. The van der Waals surface area contributed by atoms with E-state index in [1.54, 1.807) is 0 Å². The molecule has 1 aliphatic heterocycles. The lowest BCUT2D eigenvalue weighted by molar-refractivity contribution is -0.142. The van der Waals surface area contributed by atoms with Gasteiger partial charge in [0.15, 0.2) is 0 Å². The first kappa shape index (κ1) is 19.9. The van der Waals surface area contributed by atoms with E-state index in [1.165, 1.54) is 18.3 Å². The van der Waals surface area contributed by atoms with Crippen LogP contribution in [0.1, 0.15) is 29.7 Å². The van der Waals surface area contributed by atoms with Gasteiger partial charge in [0.25, 0.3) is 0 Å². The molecule has 2 heterocycles. The van der Waals surface area contributed by atoms with Crippen molar-refractivity contribution in [1.29, 1.82) is 0 Å². The van der Waals surface area contributed by atoms with Gasteiger partial charge in [-0.15, -0.1) is 11.3 Å². The van der Waals surface area contributed by atoms with E-state index in [4.69, 9.17) is 0 Å². The molecule has 0 saturated carbocycles. The van der Waals surface area contributed by atoms with Gasteiger partial charge in [-0.25, -0.2) is 4.79 Å². The van der Waals surface area contributed by atoms with Gasteiger partial charge >= 0.3 is 5.97 Å². The van der Waals surface area contributed by atoms with E-state index in [2.05, 4.69) is 16.0 Å². The topological polar surface area (TPSA) is 108 Å². The summed E-state index contributed by atoms with van der Waals surface area (Å²) in [5.74, 6) is -1.92. The van der Waals surface area contributed by atoms with Crippen LogP contribution in [0.5, 0.6) is 0 Å². The van der Waals surface area contributed by atoms with Gasteiger partial charge in [-0.05, 0) is 29.5 Å². The van der Waals surface area contributed by atoms with Crippen molar-refractivity contribution in [2.24, 2.45) is 0 Å². The molecule has 0 saturated heterocycles. The molecule has 7 nitrogen and oxygen atoms in total. The van der Waals surface area contributed by atoms with E-state index in [0.717, 1.165) is 16.1 Å². The number of rotatable bonds is 8. The summed E-state index contributed by atoms with van der Waals surface area (Å²) in [5.41, 5.74) is 2.05. The third kappa shape index (κ3) is 4.89. The van der Waals surface area contributed by atoms with Crippen molar-refractivity contribution in [3.8, 4) is 0 Å². The zero-order valence-corrected chi connectivity index (χ0v) is 16.3. The molecule has 0 radical (unpaired) electrons. The Morgan fingerprint density at radius 2 is 1.96 bits per heavy atom. The normalized spacial score (nSPS) is 17.1. The number of carbonyl (C=O) groups excluding carboxylic acids is 2. The fraction of sp³-hybridized carbons (Fsp3) is 0.350. The number of benzene rings is 1. The molecule has 3 rings (SSSR count). The minimum atomic E-state index is -1.09. The molecule has 0 aliphatic carbocycles. The second-order valence-electron chi connectivity index (χ2n) is 6.84. The number of fused-ring (bicyclic) bond motifs is 1. The van der Waals surface area contributed by atoms with Gasteiger partial charge in [0, 0.05) is 36.4 Å². The molecule has 8 heteroatoms. The number of carboxylic acids is 1. The summed E-state index contributed by atoms with van der Waals surface area (Å²) in [6, 6.07) is 9.66. The molecule has 1 aromatic carbocycles. The minimum absolute atomic E-state index is 0.00545. The average molecular weight is 401 g/mol. The largest absolute Gasteiger partial charge is 0.480 e. The fourth-order valence-corrected chi connectivity index (χ4v) is 4.18. The fourth-order valence-electron chi connectivity index (χ4n) is 3.43. The molecule has 1 aliphatic rings. The summed E-state index contributed by atoms with van der Waals surface area (Å²) in [4.78, 5) is 37.0. The number of anilines is 1.